The van der Waals surface area contributed by atoms with Gasteiger partial charge in [0.05, 0.1) is 6.10 Å². The Morgan fingerprint density at radius 2 is 1.63 bits per heavy atom. The van der Waals surface area contributed by atoms with Crippen LogP contribution >= 0.6 is 11.3 Å². The van der Waals surface area contributed by atoms with Gasteiger partial charge in [0.25, 0.3) is 8.32 Å². The monoisotopic (exact) mass is 650 g/mol. The van der Waals surface area contributed by atoms with E-state index in [1.165, 1.54) is 15.0 Å². The summed E-state index contributed by atoms with van der Waals surface area (Å²) >= 11 is 1.81. The third kappa shape index (κ3) is 7.53. The Morgan fingerprint density at radius 3 is 2.26 bits per heavy atom. The third-order valence-corrected chi connectivity index (χ3v) is 15.4. The summed E-state index contributed by atoms with van der Waals surface area (Å²) in [6.07, 6.45) is 11.8. The summed E-state index contributed by atoms with van der Waals surface area (Å²) in [4.78, 5) is 25.0. The molecule has 0 radical (unpaired) electrons. The number of aliphatic hydroxyl groups excluding tert-OH is 1. The summed E-state index contributed by atoms with van der Waals surface area (Å²) in [6.45, 7) is 8.76. The number of carboxylic acid groups (broad SMARTS) is 1. The minimum atomic E-state index is -3.24. The molecule has 4 nitrogen and oxygen atoms in total. The molecule has 240 valence electrons. The van der Waals surface area contributed by atoms with Crippen LogP contribution in [0.4, 0.5) is 0 Å². The Bertz CT molecular complexity index is 1600. The first-order valence-electron chi connectivity index (χ1n) is 16.3. The molecule has 46 heavy (non-hydrogen) atoms. The SMILES string of the molecule is C=C1C[C@@H](O)[C@H](/C=C/[C@@H](CC(C)(C)[Si](O)(c2ccccc2)c2ccccc2)c2cc3ccccc3s2)[C@H]1C/C=C\CCCC(=O)O. The number of rotatable bonds is 14. The molecule has 1 heterocycles. The van der Waals surface area contributed by atoms with Crippen molar-refractivity contribution >= 4 is 46.1 Å². The molecule has 1 aliphatic carbocycles. The predicted octanol–water partition coefficient (Wildman–Crippen LogP) is 8.22. The first kappa shape index (κ1) is 33.8. The Kier molecular flexibility index (Phi) is 11.0. The highest BCUT2D eigenvalue weighted by atomic mass is 32.1. The van der Waals surface area contributed by atoms with Gasteiger partial charge >= 0.3 is 5.97 Å². The van der Waals surface area contributed by atoms with E-state index in [1.807, 2.05) is 36.4 Å². The second-order valence-corrected chi connectivity index (χ2v) is 18.4. The van der Waals surface area contributed by atoms with Crippen LogP contribution < -0.4 is 10.4 Å². The highest BCUT2D eigenvalue weighted by Crippen LogP contribution is 2.47. The van der Waals surface area contributed by atoms with Crippen LogP contribution in [0, 0.1) is 11.8 Å². The summed E-state index contributed by atoms with van der Waals surface area (Å²) in [5.41, 5.74) is 1.06. The molecular formula is C40H46O4SSi. The lowest BCUT2D eigenvalue weighted by atomic mass is 9.87. The molecule has 0 aliphatic heterocycles. The molecule has 3 aromatic carbocycles. The zero-order valence-corrected chi connectivity index (χ0v) is 28.7. The van der Waals surface area contributed by atoms with Gasteiger partial charge in [-0.1, -0.05) is 129 Å². The van der Waals surface area contributed by atoms with Gasteiger partial charge in [-0.2, -0.15) is 0 Å². The molecule has 0 amide bonds. The van der Waals surface area contributed by atoms with Gasteiger partial charge in [-0.3, -0.25) is 4.79 Å². The quantitative estimate of drug-likeness (QED) is 0.0730. The molecule has 5 rings (SSSR count). The van der Waals surface area contributed by atoms with E-state index in [0.717, 1.165) is 35.2 Å². The fourth-order valence-corrected chi connectivity index (χ4v) is 12.0. The Balaban J connectivity index is 1.48. The van der Waals surface area contributed by atoms with Gasteiger partial charge in [-0.15, -0.1) is 11.3 Å². The van der Waals surface area contributed by atoms with Crippen molar-refractivity contribution in [2.24, 2.45) is 11.8 Å². The number of aliphatic hydroxyl groups is 1. The number of aliphatic carboxylic acids is 1. The van der Waals surface area contributed by atoms with Gasteiger partial charge in [0.2, 0.25) is 0 Å². The van der Waals surface area contributed by atoms with Gasteiger partial charge in [0.15, 0.2) is 0 Å². The molecule has 1 fully saturated rings. The molecule has 6 heteroatoms. The fourth-order valence-electron chi connectivity index (χ4n) is 7.13. The maximum atomic E-state index is 12.9. The average Bonchev–Trinajstić information content (AvgIpc) is 3.60. The fraction of sp³-hybridized carbons (Fsp3) is 0.325. The van der Waals surface area contributed by atoms with Gasteiger partial charge in [0, 0.05) is 27.8 Å². The minimum absolute atomic E-state index is 0.0344. The van der Waals surface area contributed by atoms with Gasteiger partial charge < -0.3 is 15.0 Å². The number of thiophene rings is 1. The molecular weight excluding hydrogens is 605 g/mol. The number of carbonyl (C=O) groups is 1. The zero-order chi connectivity index (χ0) is 32.7. The standard InChI is InChI=1S/C40H46O4SSi/c1-29-26-36(41)35(34(29)21-12-4-5-13-23-39(42)43)25-24-31(38-27-30-16-14-15-22-37(30)45-38)28-40(2,3)46(44,32-17-8-6-9-18-32)33-19-10-7-11-20-33/h4,6-12,14-20,22,24-25,27,31,34-36,41,44H,1,5,13,21,23,26,28H2,2-3H3,(H,42,43)/b12-4-,25-24+/t31-,34-,35+,36+/m0/s1. The topological polar surface area (TPSA) is 77.8 Å². The van der Waals surface area contributed by atoms with Crippen LogP contribution in [0.3, 0.4) is 0 Å². The first-order chi connectivity index (χ1) is 22.1. The van der Waals surface area contributed by atoms with Crippen molar-refractivity contribution in [2.45, 2.75) is 69.4 Å². The van der Waals surface area contributed by atoms with E-state index in [1.54, 1.807) is 11.3 Å². The van der Waals surface area contributed by atoms with Crippen LogP contribution in [-0.2, 0) is 4.79 Å². The van der Waals surface area contributed by atoms with Crippen molar-refractivity contribution in [3.05, 3.63) is 132 Å². The number of unbranched alkanes of at least 4 members (excludes halogenated alkanes) is 1. The van der Waals surface area contributed by atoms with Gasteiger partial charge in [-0.25, -0.2) is 0 Å². The molecule has 0 saturated heterocycles. The van der Waals surface area contributed by atoms with Crippen LogP contribution in [0.1, 0.15) is 63.2 Å². The molecule has 0 spiro atoms. The van der Waals surface area contributed by atoms with E-state index in [4.69, 9.17) is 5.11 Å². The molecule has 1 aromatic heterocycles. The normalized spacial score (nSPS) is 19.8. The van der Waals surface area contributed by atoms with Crippen molar-refractivity contribution in [1.82, 2.24) is 0 Å². The Hall–Kier alpha value is -3.55. The Morgan fingerprint density at radius 1 is 1.00 bits per heavy atom. The van der Waals surface area contributed by atoms with Crippen LogP contribution in [-0.4, -0.2) is 35.4 Å². The van der Waals surface area contributed by atoms with Crippen molar-refractivity contribution in [3.8, 4) is 0 Å². The van der Waals surface area contributed by atoms with E-state index in [9.17, 15) is 14.7 Å². The van der Waals surface area contributed by atoms with Crippen LogP contribution in [0.15, 0.2) is 127 Å². The summed E-state index contributed by atoms with van der Waals surface area (Å²) in [7, 11) is -3.24. The molecule has 4 aromatic rings. The van der Waals surface area contributed by atoms with Crippen LogP contribution in [0.2, 0.25) is 5.04 Å². The molecule has 0 bridgehead atoms. The van der Waals surface area contributed by atoms with E-state index in [-0.39, 0.29) is 24.2 Å². The van der Waals surface area contributed by atoms with E-state index in [2.05, 4.69) is 99.3 Å². The second kappa shape index (κ2) is 14.9. The molecule has 4 atom stereocenters. The van der Waals surface area contributed by atoms with Crippen molar-refractivity contribution in [3.63, 3.8) is 0 Å². The lowest BCUT2D eigenvalue weighted by Gasteiger charge is -2.42. The number of carboxylic acids is 1. The lowest BCUT2D eigenvalue weighted by Crippen LogP contribution is -2.65. The van der Waals surface area contributed by atoms with E-state index >= 15 is 0 Å². The third-order valence-electron chi connectivity index (χ3n) is 9.69. The number of hydrogen-bond acceptors (Lipinski definition) is 4. The predicted molar refractivity (Wildman–Crippen MR) is 194 cm³/mol. The highest BCUT2D eigenvalue weighted by molar-refractivity contribution is 7.19. The summed E-state index contributed by atoms with van der Waals surface area (Å²) < 4.78 is 1.24. The second-order valence-electron chi connectivity index (χ2n) is 13.3. The molecule has 1 aliphatic rings. The maximum Gasteiger partial charge on any atom is 0.303 e. The molecule has 0 unspecified atom stereocenters. The number of benzene rings is 3. The van der Waals surface area contributed by atoms with Crippen LogP contribution in [0.25, 0.3) is 10.1 Å². The van der Waals surface area contributed by atoms with Gasteiger partial charge in [0.1, 0.15) is 0 Å². The van der Waals surface area contributed by atoms with Crippen LogP contribution in [0.5, 0.6) is 0 Å². The average molecular weight is 651 g/mol. The first-order valence-corrected chi connectivity index (χ1v) is 19.1. The van der Waals surface area contributed by atoms with Crippen molar-refractivity contribution < 1.29 is 19.8 Å². The van der Waals surface area contributed by atoms with Crippen molar-refractivity contribution in [1.29, 1.82) is 0 Å². The molecule has 1 saturated carbocycles. The summed E-state index contributed by atoms with van der Waals surface area (Å²) in [5.74, 6) is -0.670. The lowest BCUT2D eigenvalue weighted by molar-refractivity contribution is -0.137. The van der Waals surface area contributed by atoms with E-state index < -0.39 is 25.4 Å². The zero-order valence-electron chi connectivity index (χ0n) is 26.9. The number of allylic oxidation sites excluding steroid dienone is 3. The largest absolute Gasteiger partial charge is 0.481 e. The number of hydrogen-bond donors (Lipinski definition) is 3. The van der Waals surface area contributed by atoms with Gasteiger partial charge in [-0.05, 0) is 71.0 Å². The van der Waals surface area contributed by atoms with Crippen molar-refractivity contribution in [2.75, 3.05) is 0 Å². The smallest absolute Gasteiger partial charge is 0.303 e. The Labute approximate surface area is 278 Å². The molecule has 3 N–H and O–H groups in total. The van der Waals surface area contributed by atoms with E-state index in [0.29, 0.717) is 12.8 Å². The number of fused-ring (bicyclic) bond motifs is 1. The maximum absolute atomic E-state index is 12.9. The summed E-state index contributed by atoms with van der Waals surface area (Å²) in [5, 5.41) is 22.9. The minimum Gasteiger partial charge on any atom is -0.481 e. The summed E-state index contributed by atoms with van der Waals surface area (Å²) in [6, 6.07) is 31.1. The highest BCUT2D eigenvalue weighted by Gasteiger charge is 2.50.